The molecule has 0 saturated carbocycles. The van der Waals surface area contributed by atoms with Gasteiger partial charge in [0.25, 0.3) is 5.91 Å². The van der Waals surface area contributed by atoms with Crippen LogP contribution in [0.4, 0.5) is 0 Å². The van der Waals surface area contributed by atoms with Gasteiger partial charge in [-0.3, -0.25) is 9.78 Å². The van der Waals surface area contributed by atoms with Gasteiger partial charge >= 0.3 is 0 Å². The van der Waals surface area contributed by atoms with E-state index in [1.807, 2.05) is 72.8 Å². The zero-order valence-electron chi connectivity index (χ0n) is 16.0. The number of carbonyl (C=O) groups excluding carboxylic acids is 1. The van der Waals surface area contributed by atoms with Crippen molar-refractivity contribution in [3.05, 3.63) is 126 Å². The largest absolute Gasteiger partial charge is 0.345 e. The minimum Gasteiger partial charge on any atom is -0.345 e. The maximum Gasteiger partial charge on any atom is 0.251 e. The van der Waals surface area contributed by atoms with Crippen molar-refractivity contribution in [2.24, 2.45) is 0 Å². The average molecular weight is 378 g/mol. The number of pyridine rings is 1. The number of carbonyl (C=O) groups is 1. The van der Waals surface area contributed by atoms with Crippen molar-refractivity contribution in [1.29, 1.82) is 0 Å². The summed E-state index contributed by atoms with van der Waals surface area (Å²) in [7, 11) is 0. The highest BCUT2D eigenvalue weighted by Gasteiger charge is 2.16. The fraction of sp³-hybridized carbons (Fsp3) is 0.0769. The smallest absolute Gasteiger partial charge is 0.251 e. The molecule has 0 saturated heterocycles. The Morgan fingerprint density at radius 1 is 0.724 bits per heavy atom. The van der Waals surface area contributed by atoms with E-state index in [1.165, 1.54) is 5.56 Å². The molecular weight excluding hydrogens is 356 g/mol. The van der Waals surface area contributed by atoms with E-state index in [4.69, 9.17) is 0 Å². The number of hydrogen-bond acceptors (Lipinski definition) is 2. The summed E-state index contributed by atoms with van der Waals surface area (Å²) in [5.74, 6) is -0.0731. The maximum absolute atomic E-state index is 12.9. The number of hydrogen-bond donors (Lipinski definition) is 1. The van der Waals surface area contributed by atoms with Gasteiger partial charge < -0.3 is 5.32 Å². The number of benzene rings is 3. The highest BCUT2D eigenvalue weighted by atomic mass is 16.1. The Morgan fingerprint density at radius 2 is 1.31 bits per heavy atom. The van der Waals surface area contributed by atoms with Gasteiger partial charge in [-0.2, -0.15) is 0 Å². The molecule has 1 amide bonds. The summed E-state index contributed by atoms with van der Waals surface area (Å²) < 4.78 is 0. The average Bonchev–Trinajstić information content (AvgIpc) is 2.80. The molecule has 1 atom stereocenters. The molecule has 1 N–H and O–H groups in total. The number of amides is 1. The fourth-order valence-corrected chi connectivity index (χ4v) is 3.39. The van der Waals surface area contributed by atoms with Gasteiger partial charge in [0.05, 0.1) is 6.04 Å². The molecule has 1 heterocycles. The second kappa shape index (κ2) is 8.98. The molecule has 4 aromatic rings. The standard InChI is InChI=1S/C26H22N2O/c29-26(24-13-11-21(12-14-24)22-15-17-27-18-16-22)28-25(23-9-5-2-6-10-23)19-20-7-3-1-4-8-20/h1-18,25H,19H2,(H,28,29). The van der Waals surface area contributed by atoms with Crippen molar-refractivity contribution in [1.82, 2.24) is 10.3 Å². The van der Waals surface area contributed by atoms with Gasteiger partial charge in [0, 0.05) is 18.0 Å². The Bertz CT molecular complexity index is 1050. The van der Waals surface area contributed by atoms with Gasteiger partial charge in [-0.15, -0.1) is 0 Å². The third-order valence-electron chi connectivity index (χ3n) is 4.95. The van der Waals surface area contributed by atoms with Gasteiger partial charge in [0.15, 0.2) is 0 Å². The van der Waals surface area contributed by atoms with Crippen LogP contribution in [0.15, 0.2) is 109 Å². The maximum atomic E-state index is 12.9. The molecular formula is C26H22N2O. The number of nitrogens with zero attached hydrogens (tertiary/aromatic N) is 1. The Morgan fingerprint density at radius 3 is 1.97 bits per heavy atom. The topological polar surface area (TPSA) is 42.0 Å². The van der Waals surface area contributed by atoms with E-state index in [1.54, 1.807) is 12.4 Å². The molecule has 142 valence electrons. The van der Waals surface area contributed by atoms with Gasteiger partial charge in [-0.05, 0) is 52.9 Å². The molecule has 0 bridgehead atoms. The second-order valence-corrected chi connectivity index (χ2v) is 6.94. The van der Waals surface area contributed by atoms with Crippen molar-refractivity contribution in [3.63, 3.8) is 0 Å². The molecule has 1 aromatic heterocycles. The van der Waals surface area contributed by atoms with Crippen LogP contribution in [0.5, 0.6) is 0 Å². The summed E-state index contributed by atoms with van der Waals surface area (Å²) in [6.07, 6.45) is 4.28. The third-order valence-corrected chi connectivity index (χ3v) is 4.95. The first kappa shape index (κ1) is 18.6. The lowest BCUT2D eigenvalue weighted by atomic mass is 9.98. The second-order valence-electron chi connectivity index (χ2n) is 6.94. The van der Waals surface area contributed by atoms with Crippen molar-refractivity contribution in [2.45, 2.75) is 12.5 Å². The Kier molecular flexibility index (Phi) is 5.77. The van der Waals surface area contributed by atoms with Crippen LogP contribution >= 0.6 is 0 Å². The summed E-state index contributed by atoms with van der Waals surface area (Å²) >= 11 is 0. The normalized spacial score (nSPS) is 11.6. The number of nitrogens with one attached hydrogen (secondary N) is 1. The van der Waals surface area contributed by atoms with Gasteiger partial charge in [-0.1, -0.05) is 72.8 Å². The highest BCUT2D eigenvalue weighted by molar-refractivity contribution is 5.95. The zero-order valence-corrected chi connectivity index (χ0v) is 16.0. The van der Waals surface area contributed by atoms with Crippen molar-refractivity contribution < 1.29 is 4.79 Å². The summed E-state index contributed by atoms with van der Waals surface area (Å²) in [5.41, 5.74) is 5.08. The molecule has 0 radical (unpaired) electrons. The van der Waals surface area contributed by atoms with E-state index < -0.39 is 0 Å². The molecule has 1 unspecified atom stereocenters. The van der Waals surface area contributed by atoms with Crippen LogP contribution in [0.2, 0.25) is 0 Å². The Balaban J connectivity index is 1.53. The quantitative estimate of drug-likeness (QED) is 0.484. The minimum absolute atomic E-state index is 0.0731. The third kappa shape index (κ3) is 4.77. The molecule has 3 aromatic carbocycles. The number of rotatable bonds is 6. The van der Waals surface area contributed by atoms with Crippen molar-refractivity contribution in [3.8, 4) is 11.1 Å². The monoisotopic (exact) mass is 378 g/mol. The number of aromatic nitrogens is 1. The van der Waals surface area contributed by atoms with Crippen molar-refractivity contribution in [2.75, 3.05) is 0 Å². The van der Waals surface area contributed by atoms with E-state index in [0.29, 0.717) is 5.56 Å². The first-order chi connectivity index (χ1) is 14.3. The Labute approximate surface area is 171 Å². The van der Waals surface area contributed by atoms with Crippen LogP contribution in [0.25, 0.3) is 11.1 Å². The lowest BCUT2D eigenvalue weighted by Crippen LogP contribution is -2.30. The first-order valence-corrected chi connectivity index (χ1v) is 9.70. The molecule has 0 spiro atoms. The van der Waals surface area contributed by atoms with Crippen LogP contribution in [-0.4, -0.2) is 10.9 Å². The van der Waals surface area contributed by atoms with E-state index in [2.05, 4.69) is 34.6 Å². The fourth-order valence-electron chi connectivity index (χ4n) is 3.39. The van der Waals surface area contributed by atoms with E-state index in [-0.39, 0.29) is 11.9 Å². The van der Waals surface area contributed by atoms with E-state index in [9.17, 15) is 4.79 Å². The lowest BCUT2D eigenvalue weighted by Gasteiger charge is -2.20. The molecule has 0 aliphatic rings. The molecule has 0 aliphatic carbocycles. The molecule has 3 heteroatoms. The van der Waals surface area contributed by atoms with Crippen LogP contribution in [0.3, 0.4) is 0 Å². The zero-order chi connectivity index (χ0) is 19.9. The Hall–Kier alpha value is -3.72. The van der Waals surface area contributed by atoms with Gasteiger partial charge in [0.1, 0.15) is 0 Å². The molecule has 4 rings (SSSR count). The summed E-state index contributed by atoms with van der Waals surface area (Å²) in [5, 5.41) is 3.21. The molecule has 0 aliphatic heterocycles. The van der Waals surface area contributed by atoms with E-state index in [0.717, 1.165) is 23.1 Å². The van der Waals surface area contributed by atoms with Crippen LogP contribution in [0, 0.1) is 0 Å². The van der Waals surface area contributed by atoms with Crippen LogP contribution in [-0.2, 0) is 6.42 Å². The highest BCUT2D eigenvalue weighted by Crippen LogP contribution is 2.21. The first-order valence-electron chi connectivity index (χ1n) is 9.70. The predicted octanol–water partition coefficient (Wildman–Crippen LogP) is 5.46. The summed E-state index contributed by atoms with van der Waals surface area (Å²) in [6, 6.07) is 31.8. The summed E-state index contributed by atoms with van der Waals surface area (Å²) in [4.78, 5) is 17.0. The molecule has 0 fully saturated rings. The lowest BCUT2D eigenvalue weighted by molar-refractivity contribution is 0.0936. The predicted molar refractivity (Wildman–Crippen MR) is 116 cm³/mol. The van der Waals surface area contributed by atoms with Gasteiger partial charge in [-0.25, -0.2) is 0 Å². The van der Waals surface area contributed by atoms with E-state index >= 15 is 0 Å². The van der Waals surface area contributed by atoms with Crippen LogP contribution < -0.4 is 5.32 Å². The summed E-state index contributed by atoms with van der Waals surface area (Å²) in [6.45, 7) is 0. The molecule has 29 heavy (non-hydrogen) atoms. The van der Waals surface area contributed by atoms with Crippen molar-refractivity contribution >= 4 is 5.91 Å². The minimum atomic E-state index is -0.0917. The molecule has 3 nitrogen and oxygen atoms in total. The van der Waals surface area contributed by atoms with Gasteiger partial charge in [0.2, 0.25) is 0 Å². The SMILES string of the molecule is O=C(NC(Cc1ccccc1)c1ccccc1)c1ccc(-c2ccncc2)cc1. The van der Waals surface area contributed by atoms with Crippen LogP contribution in [0.1, 0.15) is 27.5 Å².